The second-order valence-corrected chi connectivity index (χ2v) is 10.7. The summed E-state index contributed by atoms with van der Waals surface area (Å²) >= 11 is 12.2. The smallest absolute Gasteiger partial charge is 0.226 e. The minimum Gasteiger partial charge on any atom is -0.495 e. The third kappa shape index (κ3) is 5.42. The van der Waals surface area contributed by atoms with E-state index >= 15 is 0 Å². The first-order chi connectivity index (χ1) is 19.3. The number of thiocarbonyl (C=S) groups is 1. The van der Waals surface area contributed by atoms with Crippen LogP contribution in [-0.4, -0.2) is 39.1 Å². The topological polar surface area (TPSA) is 71.4 Å². The normalized spacial score (nSPS) is 16.6. The molecule has 0 aliphatic carbocycles. The number of nitrogens with one attached hydrogen (secondary N) is 2. The molecule has 4 aromatic rings. The molecule has 0 radical (unpaired) electrons. The summed E-state index contributed by atoms with van der Waals surface area (Å²) in [5.41, 5.74) is 6.73. The van der Waals surface area contributed by atoms with Gasteiger partial charge in [-0.05, 0) is 86.6 Å². The number of pyridine rings is 1. The van der Waals surface area contributed by atoms with E-state index in [9.17, 15) is 4.79 Å². The van der Waals surface area contributed by atoms with Gasteiger partial charge in [0, 0.05) is 41.3 Å². The van der Waals surface area contributed by atoms with Gasteiger partial charge in [0.1, 0.15) is 5.75 Å². The largest absolute Gasteiger partial charge is 0.495 e. The van der Waals surface area contributed by atoms with Crippen LogP contribution in [0.1, 0.15) is 46.7 Å². The van der Waals surface area contributed by atoms with Crippen molar-refractivity contribution < 1.29 is 9.53 Å². The molecule has 206 valence electrons. The number of amides is 1. The molecule has 1 amide bonds. The summed E-state index contributed by atoms with van der Waals surface area (Å²) in [7, 11) is 1.65. The molecular formula is C31H32ClN5O2S. The Morgan fingerprint density at radius 3 is 2.60 bits per heavy atom. The highest BCUT2D eigenvalue weighted by atomic mass is 35.5. The second kappa shape index (κ2) is 11.7. The number of ether oxygens (including phenoxy) is 1. The van der Waals surface area contributed by atoms with E-state index in [4.69, 9.17) is 28.6 Å². The van der Waals surface area contributed by atoms with E-state index in [1.54, 1.807) is 13.3 Å². The zero-order valence-electron chi connectivity index (χ0n) is 22.9. The predicted octanol–water partition coefficient (Wildman–Crippen LogP) is 6.46. The van der Waals surface area contributed by atoms with Gasteiger partial charge in [-0.25, -0.2) is 0 Å². The lowest BCUT2D eigenvalue weighted by Crippen LogP contribution is -2.33. The maximum Gasteiger partial charge on any atom is 0.226 e. The summed E-state index contributed by atoms with van der Waals surface area (Å²) in [5.74, 6) is 0.662. The van der Waals surface area contributed by atoms with Gasteiger partial charge < -0.3 is 24.8 Å². The van der Waals surface area contributed by atoms with Crippen molar-refractivity contribution in [3.05, 3.63) is 106 Å². The molecule has 0 spiro atoms. The Morgan fingerprint density at radius 1 is 1.10 bits per heavy atom. The van der Waals surface area contributed by atoms with Crippen molar-refractivity contribution in [1.82, 2.24) is 19.8 Å². The summed E-state index contributed by atoms with van der Waals surface area (Å²) in [6, 6.07) is 21.0. The molecule has 9 heteroatoms. The first-order valence-electron chi connectivity index (χ1n) is 13.1. The number of aromatic nitrogens is 2. The van der Waals surface area contributed by atoms with Crippen LogP contribution < -0.4 is 15.4 Å². The molecule has 0 bridgehead atoms. The molecule has 5 rings (SSSR count). The molecule has 2 N–H and O–H groups in total. The Morgan fingerprint density at radius 2 is 1.88 bits per heavy atom. The summed E-state index contributed by atoms with van der Waals surface area (Å²) in [6.45, 7) is 6.57. The SMILES string of the molecule is COc1ccc(Cl)cc1-n1c(C)cc([C@@H]2[C@H](c3ccccn3)NC(=S)N2CCC(=O)Nc2ccccc2C)c1C. The highest BCUT2D eigenvalue weighted by molar-refractivity contribution is 7.80. The van der Waals surface area contributed by atoms with Crippen molar-refractivity contribution in [3.63, 3.8) is 0 Å². The van der Waals surface area contributed by atoms with Crippen LogP contribution in [0.25, 0.3) is 5.69 Å². The van der Waals surface area contributed by atoms with E-state index in [1.165, 1.54) is 0 Å². The monoisotopic (exact) mass is 573 g/mol. The zero-order valence-corrected chi connectivity index (χ0v) is 24.5. The highest BCUT2D eigenvalue weighted by Gasteiger charge is 2.41. The van der Waals surface area contributed by atoms with Gasteiger partial charge in [-0.2, -0.15) is 0 Å². The average molecular weight is 574 g/mol. The van der Waals surface area contributed by atoms with Gasteiger partial charge in [-0.15, -0.1) is 0 Å². The molecule has 7 nitrogen and oxygen atoms in total. The van der Waals surface area contributed by atoms with Crippen LogP contribution in [0.15, 0.2) is 72.9 Å². The molecule has 1 saturated heterocycles. The Balaban J connectivity index is 1.51. The minimum absolute atomic E-state index is 0.0636. The van der Waals surface area contributed by atoms with E-state index in [0.29, 0.717) is 16.7 Å². The van der Waals surface area contributed by atoms with Gasteiger partial charge in [0.15, 0.2) is 5.11 Å². The molecule has 2 atom stereocenters. The number of hydrogen-bond donors (Lipinski definition) is 2. The third-order valence-electron chi connectivity index (χ3n) is 7.37. The van der Waals surface area contributed by atoms with Gasteiger partial charge in [0.2, 0.25) is 5.91 Å². The lowest BCUT2D eigenvalue weighted by Gasteiger charge is -2.28. The summed E-state index contributed by atoms with van der Waals surface area (Å²) in [6.07, 6.45) is 2.07. The Bertz CT molecular complexity index is 1550. The van der Waals surface area contributed by atoms with Crippen LogP contribution in [0.3, 0.4) is 0 Å². The fourth-order valence-electron chi connectivity index (χ4n) is 5.43. The molecular weight excluding hydrogens is 542 g/mol. The minimum atomic E-state index is -0.191. The molecule has 0 saturated carbocycles. The quantitative estimate of drug-likeness (QED) is 0.236. The molecule has 0 unspecified atom stereocenters. The maximum absolute atomic E-state index is 13.0. The molecule has 3 heterocycles. The standard InChI is InChI=1S/C31H32ClN5O2S/c1-19-9-5-6-10-24(19)34-28(38)14-16-36-30(29(35-31(36)40)25-11-7-8-15-33-25)23-17-20(2)37(21(23)3)26-18-22(32)12-13-27(26)39-4/h5-13,15,17-18,29-30H,14,16H2,1-4H3,(H,34,38)(H,35,40)/t29-,30+/m0/s1. The fourth-order valence-corrected chi connectivity index (χ4v) is 5.93. The first kappa shape index (κ1) is 27.7. The van der Waals surface area contributed by atoms with Crippen molar-refractivity contribution in [1.29, 1.82) is 0 Å². The summed E-state index contributed by atoms with van der Waals surface area (Å²) in [4.78, 5) is 19.7. The van der Waals surface area contributed by atoms with E-state index in [-0.39, 0.29) is 24.4 Å². The number of carbonyl (C=O) groups is 1. The number of hydrogen-bond acceptors (Lipinski definition) is 4. The van der Waals surface area contributed by atoms with Gasteiger partial charge >= 0.3 is 0 Å². The fraction of sp³-hybridized carbons (Fsp3) is 0.258. The van der Waals surface area contributed by atoms with Gasteiger partial charge in [-0.3, -0.25) is 9.78 Å². The van der Waals surface area contributed by atoms with Crippen molar-refractivity contribution in [2.45, 2.75) is 39.3 Å². The number of rotatable bonds is 8. The van der Waals surface area contributed by atoms with Gasteiger partial charge in [0.05, 0.1) is 30.6 Å². The van der Waals surface area contributed by atoms with Crippen molar-refractivity contribution >= 4 is 40.5 Å². The Kier molecular flexibility index (Phi) is 8.09. The maximum atomic E-state index is 13.0. The van der Waals surface area contributed by atoms with Crippen LogP contribution >= 0.6 is 23.8 Å². The highest BCUT2D eigenvalue weighted by Crippen LogP contribution is 2.42. The molecule has 1 aliphatic heterocycles. The molecule has 1 aliphatic rings. The number of aryl methyl sites for hydroxylation is 2. The molecule has 2 aromatic heterocycles. The van der Waals surface area contributed by atoms with E-state index in [1.807, 2.05) is 67.6 Å². The predicted molar refractivity (Wildman–Crippen MR) is 163 cm³/mol. The number of nitrogens with zero attached hydrogens (tertiary/aromatic N) is 3. The van der Waals surface area contributed by atoms with Crippen molar-refractivity contribution in [2.75, 3.05) is 19.0 Å². The third-order valence-corrected chi connectivity index (χ3v) is 7.95. The molecule has 1 fully saturated rings. The van der Waals surface area contributed by atoms with Crippen LogP contribution in [-0.2, 0) is 4.79 Å². The van der Waals surface area contributed by atoms with Crippen molar-refractivity contribution in [3.8, 4) is 11.4 Å². The van der Waals surface area contributed by atoms with Gasteiger partial charge in [0.25, 0.3) is 0 Å². The number of anilines is 1. The van der Waals surface area contributed by atoms with Crippen molar-refractivity contribution in [2.24, 2.45) is 0 Å². The second-order valence-electron chi connectivity index (χ2n) is 9.91. The summed E-state index contributed by atoms with van der Waals surface area (Å²) in [5, 5.41) is 7.74. The van der Waals surface area contributed by atoms with Crippen LogP contribution in [0.5, 0.6) is 5.75 Å². The number of methoxy groups -OCH3 is 1. The van der Waals surface area contributed by atoms with Gasteiger partial charge in [-0.1, -0.05) is 35.9 Å². The average Bonchev–Trinajstić information content (AvgIpc) is 3.43. The van der Waals surface area contributed by atoms with Crippen LogP contribution in [0.2, 0.25) is 5.02 Å². The van der Waals surface area contributed by atoms with Crippen LogP contribution in [0, 0.1) is 20.8 Å². The van der Waals surface area contributed by atoms with E-state index < -0.39 is 0 Å². The zero-order chi connectivity index (χ0) is 28.4. The molecule has 2 aromatic carbocycles. The first-order valence-corrected chi connectivity index (χ1v) is 13.9. The Labute approximate surface area is 245 Å². The number of para-hydroxylation sites is 1. The lowest BCUT2D eigenvalue weighted by molar-refractivity contribution is -0.116. The number of carbonyl (C=O) groups excluding carboxylic acids is 1. The van der Waals surface area contributed by atoms with E-state index in [2.05, 4.69) is 45.0 Å². The lowest BCUT2D eigenvalue weighted by atomic mass is 9.96. The summed E-state index contributed by atoms with van der Waals surface area (Å²) < 4.78 is 7.83. The number of benzene rings is 2. The Hall–Kier alpha value is -3.88. The number of halogens is 1. The van der Waals surface area contributed by atoms with E-state index in [0.717, 1.165) is 45.3 Å². The molecule has 40 heavy (non-hydrogen) atoms. The van der Waals surface area contributed by atoms with Crippen LogP contribution in [0.4, 0.5) is 5.69 Å².